The SMILES string of the molecule is O=C1CC[C@H](N2Cc3cc(C4CCN(CC5CCN(c6ccc(-c7cnc8[nH]cc(C(=O)c9c(F)ccc(NS(=O)(=O)N%10CCC(F)C%10)c9F)c8c7)cc6)CC5)CC4)ccc3C2=O)C(=O)N1. The van der Waals surface area contributed by atoms with Crippen molar-refractivity contribution in [3.63, 3.8) is 0 Å². The predicted molar refractivity (Wildman–Crippen MR) is 241 cm³/mol. The van der Waals surface area contributed by atoms with Gasteiger partial charge < -0.3 is 19.7 Å². The Morgan fingerprint density at radius 1 is 0.864 bits per heavy atom. The Morgan fingerprint density at radius 3 is 2.36 bits per heavy atom. The smallest absolute Gasteiger partial charge is 0.301 e. The maximum Gasteiger partial charge on any atom is 0.301 e. The van der Waals surface area contributed by atoms with E-state index in [2.05, 4.69) is 49.4 Å². The van der Waals surface area contributed by atoms with E-state index >= 15 is 8.78 Å². The van der Waals surface area contributed by atoms with Gasteiger partial charge in [0.15, 0.2) is 5.82 Å². The summed E-state index contributed by atoms with van der Waals surface area (Å²) >= 11 is 0. The van der Waals surface area contributed by atoms with E-state index in [0.29, 0.717) is 47.0 Å². The second-order valence-corrected chi connectivity index (χ2v) is 19.8. The highest BCUT2D eigenvalue weighted by Gasteiger charge is 2.40. The summed E-state index contributed by atoms with van der Waals surface area (Å²) in [5.74, 6) is -3.38. The maximum absolute atomic E-state index is 15.8. The van der Waals surface area contributed by atoms with E-state index < -0.39 is 57.0 Å². The quantitative estimate of drug-likeness (QED) is 0.102. The Morgan fingerprint density at radius 2 is 1.64 bits per heavy atom. The molecule has 344 valence electrons. The molecule has 5 aromatic rings. The van der Waals surface area contributed by atoms with E-state index in [1.54, 1.807) is 17.2 Å². The lowest BCUT2D eigenvalue weighted by Gasteiger charge is -2.38. The summed E-state index contributed by atoms with van der Waals surface area (Å²) in [4.78, 5) is 65.0. The second-order valence-electron chi connectivity index (χ2n) is 18.2. The van der Waals surface area contributed by atoms with Crippen LogP contribution in [-0.4, -0.2) is 114 Å². The number of carbonyl (C=O) groups excluding carboxylic acids is 4. The molecule has 0 radical (unpaired) electrons. The summed E-state index contributed by atoms with van der Waals surface area (Å²) in [6.07, 6.45) is 6.44. The highest BCUT2D eigenvalue weighted by Crippen LogP contribution is 2.36. The molecule has 0 spiro atoms. The Hall–Kier alpha value is -6.11. The lowest BCUT2D eigenvalue weighted by Crippen LogP contribution is -2.52. The van der Waals surface area contributed by atoms with Crippen LogP contribution in [0.3, 0.4) is 0 Å². The van der Waals surface area contributed by atoms with E-state index in [1.165, 1.54) is 11.8 Å². The van der Waals surface area contributed by atoms with E-state index in [-0.39, 0.29) is 43.3 Å². The van der Waals surface area contributed by atoms with Crippen LogP contribution < -0.4 is 14.9 Å². The fourth-order valence-electron chi connectivity index (χ4n) is 10.3. The topological polar surface area (TPSA) is 168 Å². The number of hydrogen-bond donors (Lipinski definition) is 3. The molecule has 5 aliphatic heterocycles. The minimum atomic E-state index is -4.35. The molecule has 4 fully saturated rings. The molecular weight excluding hydrogens is 874 g/mol. The number of hydrogen-bond acceptors (Lipinski definition) is 9. The lowest BCUT2D eigenvalue weighted by molar-refractivity contribution is -0.136. The van der Waals surface area contributed by atoms with Crippen molar-refractivity contribution in [2.75, 3.05) is 55.4 Å². The number of fused-ring (bicyclic) bond motifs is 2. The average molecular weight is 923 g/mol. The van der Waals surface area contributed by atoms with Crippen molar-refractivity contribution in [1.29, 1.82) is 0 Å². The van der Waals surface area contributed by atoms with Crippen LogP contribution in [0.4, 0.5) is 24.5 Å². The van der Waals surface area contributed by atoms with Gasteiger partial charge in [0.25, 0.3) is 5.91 Å². The zero-order chi connectivity index (χ0) is 45.9. The van der Waals surface area contributed by atoms with Crippen molar-refractivity contribution in [3.05, 3.63) is 113 Å². The third-order valence-corrected chi connectivity index (χ3v) is 15.6. The summed E-state index contributed by atoms with van der Waals surface area (Å²) in [5.41, 5.74) is 4.18. The lowest BCUT2D eigenvalue weighted by atomic mass is 9.87. The fraction of sp³-hybridized carbons (Fsp3) is 0.396. The molecule has 66 heavy (non-hydrogen) atoms. The molecule has 18 heteroatoms. The number of H-pyrrole nitrogens is 1. The van der Waals surface area contributed by atoms with Gasteiger partial charge in [-0.3, -0.25) is 29.2 Å². The van der Waals surface area contributed by atoms with Crippen LogP contribution in [0.15, 0.2) is 73.1 Å². The third kappa shape index (κ3) is 8.45. The Labute approximate surface area is 379 Å². The summed E-state index contributed by atoms with van der Waals surface area (Å²) in [7, 11) is -4.35. The number of nitrogens with one attached hydrogen (secondary N) is 3. The van der Waals surface area contributed by atoms with E-state index in [0.717, 1.165) is 91.7 Å². The molecule has 10 rings (SSSR count). The molecule has 1 unspecified atom stereocenters. The number of imide groups is 1. The molecule has 4 saturated heterocycles. The molecule has 7 heterocycles. The minimum Gasteiger partial charge on any atom is -0.372 e. The second kappa shape index (κ2) is 17.6. The monoisotopic (exact) mass is 922 g/mol. The molecule has 0 saturated carbocycles. The largest absolute Gasteiger partial charge is 0.372 e. The molecule has 0 bridgehead atoms. The van der Waals surface area contributed by atoms with Crippen LogP contribution in [0.5, 0.6) is 0 Å². The number of rotatable bonds is 11. The first-order valence-electron chi connectivity index (χ1n) is 22.6. The number of nitrogens with zero attached hydrogens (tertiary/aromatic N) is 5. The highest BCUT2D eigenvalue weighted by molar-refractivity contribution is 7.90. The van der Waals surface area contributed by atoms with Crippen molar-refractivity contribution < 1.29 is 40.8 Å². The fourth-order valence-corrected chi connectivity index (χ4v) is 11.6. The molecule has 3 N–H and O–H groups in total. The van der Waals surface area contributed by atoms with Crippen molar-refractivity contribution in [2.24, 2.45) is 5.92 Å². The molecule has 3 aromatic carbocycles. The number of piperidine rings is 3. The number of aromatic amines is 1. The van der Waals surface area contributed by atoms with Gasteiger partial charge >= 0.3 is 10.2 Å². The van der Waals surface area contributed by atoms with Crippen LogP contribution in [-0.2, 0) is 26.3 Å². The number of alkyl halides is 1. The first kappa shape index (κ1) is 43.8. The molecule has 14 nitrogen and oxygen atoms in total. The van der Waals surface area contributed by atoms with Gasteiger partial charge in [0.1, 0.15) is 23.7 Å². The number of likely N-dealkylation sites (tertiary alicyclic amines) is 1. The standard InChI is InChI=1S/C48H49F3N8O6S/c49-34-15-20-58(27-34)66(64,65)55-40-8-7-39(50)43(44(40)51)45(61)38-24-53-46-37(38)22-32(23-52-46)29-1-4-35(5-2-29)57-18-11-28(12-19-57)25-56-16-13-30(14-17-56)31-3-6-36-33(21-31)26-59(48(36)63)41-9-10-42(60)54-47(41)62/h1-8,21-24,28,30,34,41,55H,9-20,25-27H2,(H,52,53)(H,54,60,62)/t34?,41-/m0/s1. The number of anilines is 2. The Bertz CT molecular complexity index is 2860. The Kier molecular flexibility index (Phi) is 11.7. The van der Waals surface area contributed by atoms with E-state index in [9.17, 15) is 32.0 Å². The number of ketones is 1. The molecular formula is C48H49F3N8O6S. The van der Waals surface area contributed by atoms with Gasteiger partial charge in [0, 0.05) is 85.8 Å². The van der Waals surface area contributed by atoms with Crippen molar-refractivity contribution >= 4 is 56.1 Å². The first-order chi connectivity index (χ1) is 31.8. The average Bonchev–Trinajstić information content (AvgIpc) is 4.04. The zero-order valence-electron chi connectivity index (χ0n) is 36.1. The zero-order valence-corrected chi connectivity index (χ0v) is 36.9. The summed E-state index contributed by atoms with van der Waals surface area (Å²) in [5, 5.41) is 2.71. The normalized spacial score (nSPS) is 21.5. The first-order valence-corrected chi connectivity index (χ1v) is 24.0. The predicted octanol–water partition coefficient (Wildman–Crippen LogP) is 6.30. The van der Waals surface area contributed by atoms with E-state index in [1.807, 2.05) is 22.9 Å². The summed E-state index contributed by atoms with van der Waals surface area (Å²) in [6.45, 7) is 4.85. The third-order valence-electron chi connectivity index (χ3n) is 14.1. The number of amides is 3. The van der Waals surface area contributed by atoms with E-state index in [4.69, 9.17) is 0 Å². The van der Waals surface area contributed by atoms with Crippen LogP contribution in [0.2, 0.25) is 0 Å². The molecule has 3 amide bonds. The van der Waals surface area contributed by atoms with Gasteiger partial charge in [-0.2, -0.15) is 12.7 Å². The van der Waals surface area contributed by atoms with Gasteiger partial charge in [0.2, 0.25) is 17.6 Å². The summed E-state index contributed by atoms with van der Waals surface area (Å²) < 4.78 is 73.1. The Balaban J connectivity index is 0.730. The number of halogens is 3. The van der Waals surface area contributed by atoms with Crippen molar-refractivity contribution in [2.45, 2.75) is 69.6 Å². The van der Waals surface area contributed by atoms with Crippen LogP contribution in [0, 0.1) is 17.6 Å². The molecule has 2 atom stereocenters. The number of benzene rings is 3. The van der Waals surface area contributed by atoms with Crippen molar-refractivity contribution in [1.82, 2.24) is 29.4 Å². The van der Waals surface area contributed by atoms with Gasteiger partial charge in [0.05, 0.1) is 11.3 Å². The van der Waals surface area contributed by atoms with Crippen molar-refractivity contribution in [3.8, 4) is 11.1 Å². The van der Waals surface area contributed by atoms with Gasteiger partial charge in [-0.05, 0) is 117 Å². The van der Waals surface area contributed by atoms with Gasteiger partial charge in [-0.1, -0.05) is 24.3 Å². The summed E-state index contributed by atoms with van der Waals surface area (Å²) in [6, 6.07) is 17.0. The highest BCUT2D eigenvalue weighted by atomic mass is 32.2. The van der Waals surface area contributed by atoms with Gasteiger partial charge in [-0.25, -0.2) is 18.2 Å². The van der Waals surface area contributed by atoms with Crippen LogP contribution in [0.25, 0.3) is 22.2 Å². The van der Waals surface area contributed by atoms with Crippen LogP contribution in [0.1, 0.15) is 88.3 Å². The molecule has 2 aromatic heterocycles. The minimum absolute atomic E-state index is 0.00467. The number of pyridine rings is 1. The molecule has 5 aliphatic rings. The number of aromatic nitrogens is 2. The maximum atomic E-state index is 15.8. The molecule has 0 aliphatic carbocycles. The van der Waals surface area contributed by atoms with Gasteiger partial charge in [-0.15, -0.1) is 0 Å². The van der Waals surface area contributed by atoms with Crippen LogP contribution >= 0.6 is 0 Å². The number of carbonyl (C=O) groups is 4.